The number of amides is 3. The van der Waals surface area contributed by atoms with Crippen molar-refractivity contribution in [2.24, 2.45) is 0 Å². The van der Waals surface area contributed by atoms with E-state index in [-0.39, 0.29) is 17.1 Å². The summed E-state index contributed by atoms with van der Waals surface area (Å²) in [4.78, 5) is 37.3. The Morgan fingerprint density at radius 2 is 2.04 bits per heavy atom. The van der Waals surface area contributed by atoms with Gasteiger partial charge < -0.3 is 19.5 Å². The number of benzene rings is 1. The van der Waals surface area contributed by atoms with Gasteiger partial charge in [0.15, 0.2) is 17.6 Å². The summed E-state index contributed by atoms with van der Waals surface area (Å²) in [7, 11) is 0. The van der Waals surface area contributed by atoms with Gasteiger partial charge in [-0.15, -0.1) is 0 Å². The second kappa shape index (κ2) is 9.45. The number of halogens is 1. The van der Waals surface area contributed by atoms with E-state index in [1.165, 1.54) is 19.1 Å². The van der Waals surface area contributed by atoms with Crippen molar-refractivity contribution in [2.75, 3.05) is 26.3 Å². The highest BCUT2D eigenvalue weighted by molar-refractivity contribution is 6.32. The molecule has 1 aliphatic heterocycles. The van der Waals surface area contributed by atoms with Crippen LogP contribution < -0.4 is 14.8 Å². The Labute approximate surface area is 162 Å². The molecule has 0 aliphatic carbocycles. The zero-order valence-electron chi connectivity index (χ0n) is 15.5. The molecule has 0 bridgehead atoms. The molecule has 1 heterocycles. The lowest BCUT2D eigenvalue weighted by molar-refractivity contribution is -0.136. The Bertz CT molecular complexity index is 724. The highest BCUT2D eigenvalue weighted by atomic mass is 35.5. The third kappa shape index (κ3) is 5.03. The van der Waals surface area contributed by atoms with Crippen molar-refractivity contribution in [3.8, 4) is 11.5 Å². The number of urea groups is 1. The molecule has 1 unspecified atom stereocenters. The number of hydrogen-bond donors (Lipinski definition) is 1. The van der Waals surface area contributed by atoms with Gasteiger partial charge in [0.2, 0.25) is 0 Å². The van der Waals surface area contributed by atoms with Gasteiger partial charge in [-0.2, -0.15) is 0 Å². The molecule has 9 heteroatoms. The van der Waals surface area contributed by atoms with Crippen LogP contribution in [0.3, 0.4) is 0 Å². The summed E-state index contributed by atoms with van der Waals surface area (Å²) in [5, 5.41) is 2.73. The third-order valence-electron chi connectivity index (χ3n) is 3.75. The van der Waals surface area contributed by atoms with Crippen molar-refractivity contribution >= 4 is 29.5 Å². The van der Waals surface area contributed by atoms with E-state index in [2.05, 4.69) is 5.32 Å². The van der Waals surface area contributed by atoms with E-state index in [9.17, 15) is 14.4 Å². The number of rotatable bonds is 8. The van der Waals surface area contributed by atoms with Crippen molar-refractivity contribution in [1.29, 1.82) is 0 Å². The Kier molecular flexibility index (Phi) is 7.29. The van der Waals surface area contributed by atoms with Gasteiger partial charge in [-0.3, -0.25) is 9.69 Å². The molecular formula is C18H23ClN2O6. The molecule has 3 amide bonds. The number of carbonyl (C=O) groups excluding carboxylic acids is 3. The predicted molar refractivity (Wildman–Crippen MR) is 98.4 cm³/mol. The Balaban J connectivity index is 2.15. The molecule has 0 saturated carbocycles. The van der Waals surface area contributed by atoms with Gasteiger partial charge in [-0.1, -0.05) is 18.5 Å². The maximum atomic E-state index is 12.4. The van der Waals surface area contributed by atoms with Crippen molar-refractivity contribution in [3.05, 3.63) is 22.7 Å². The first kappa shape index (κ1) is 20.8. The van der Waals surface area contributed by atoms with Crippen LogP contribution in [0.1, 0.15) is 37.6 Å². The van der Waals surface area contributed by atoms with Crippen LogP contribution in [0, 0.1) is 0 Å². The number of carbonyl (C=O) groups is 3. The summed E-state index contributed by atoms with van der Waals surface area (Å²) in [6.07, 6.45) is -0.332. The van der Waals surface area contributed by atoms with E-state index in [1.54, 1.807) is 6.92 Å². The van der Waals surface area contributed by atoms with Crippen LogP contribution >= 0.6 is 11.6 Å². The molecule has 148 valence electrons. The van der Waals surface area contributed by atoms with E-state index >= 15 is 0 Å². The van der Waals surface area contributed by atoms with Crippen LogP contribution in [0.15, 0.2) is 12.1 Å². The maximum absolute atomic E-state index is 12.4. The quantitative estimate of drug-likeness (QED) is 0.676. The van der Waals surface area contributed by atoms with Gasteiger partial charge in [0.1, 0.15) is 0 Å². The smallest absolute Gasteiger partial charge is 0.339 e. The lowest BCUT2D eigenvalue weighted by Gasteiger charge is -2.19. The monoisotopic (exact) mass is 398 g/mol. The van der Waals surface area contributed by atoms with Crippen molar-refractivity contribution in [3.63, 3.8) is 0 Å². The van der Waals surface area contributed by atoms with Crippen LogP contribution in [0.4, 0.5) is 4.79 Å². The van der Waals surface area contributed by atoms with E-state index in [1.807, 2.05) is 6.92 Å². The van der Waals surface area contributed by atoms with E-state index in [4.69, 9.17) is 25.8 Å². The van der Waals surface area contributed by atoms with Crippen molar-refractivity contribution in [1.82, 2.24) is 10.2 Å². The van der Waals surface area contributed by atoms with Gasteiger partial charge in [-0.05, 0) is 32.4 Å². The van der Waals surface area contributed by atoms with Crippen LogP contribution in [0.25, 0.3) is 0 Å². The van der Waals surface area contributed by atoms with Gasteiger partial charge in [0.05, 0.1) is 23.8 Å². The molecule has 1 fully saturated rings. The first-order valence-electron chi connectivity index (χ1n) is 8.78. The fraction of sp³-hybridized carbons (Fsp3) is 0.500. The number of hydrogen-bond acceptors (Lipinski definition) is 6. The molecule has 8 nitrogen and oxygen atoms in total. The summed E-state index contributed by atoms with van der Waals surface area (Å²) >= 11 is 6.23. The molecule has 1 aromatic carbocycles. The van der Waals surface area contributed by atoms with E-state index in [0.717, 1.165) is 11.3 Å². The standard InChI is InChI=1S/C18H23ClN2O6/c1-4-8-26-15-13(19)9-12(10-14(15)25-5-2)17(23)27-11(3)16(22)21-7-6-20-18(21)24/h9-11H,4-8H2,1-3H3,(H,20,24). The minimum atomic E-state index is -1.12. The van der Waals surface area contributed by atoms with Gasteiger partial charge >= 0.3 is 12.0 Å². The van der Waals surface area contributed by atoms with Crippen LogP contribution in [0.2, 0.25) is 5.02 Å². The second-order valence-corrected chi connectivity index (χ2v) is 6.24. The summed E-state index contributed by atoms with van der Waals surface area (Å²) in [5.74, 6) is -0.657. The lowest BCUT2D eigenvalue weighted by atomic mass is 10.2. The first-order valence-corrected chi connectivity index (χ1v) is 9.16. The summed E-state index contributed by atoms with van der Waals surface area (Å²) in [6.45, 7) is 6.59. The van der Waals surface area contributed by atoms with Crippen LogP contribution in [-0.4, -0.2) is 55.2 Å². The Morgan fingerprint density at radius 3 is 2.63 bits per heavy atom. The topological polar surface area (TPSA) is 94.2 Å². The van der Waals surface area contributed by atoms with Gasteiger partial charge in [0.25, 0.3) is 5.91 Å². The SMILES string of the molecule is CCCOc1c(Cl)cc(C(=O)OC(C)C(=O)N2CCNC2=O)cc1OCC. The molecule has 2 rings (SSSR count). The minimum absolute atomic E-state index is 0.123. The Hall–Kier alpha value is -2.48. The predicted octanol–water partition coefficient (Wildman–Crippen LogP) is 2.62. The van der Waals surface area contributed by atoms with Crippen LogP contribution in [0.5, 0.6) is 11.5 Å². The normalized spacial score (nSPS) is 14.5. The summed E-state index contributed by atoms with van der Waals surface area (Å²) in [6, 6.07) is 2.36. The molecular weight excluding hydrogens is 376 g/mol. The molecule has 1 N–H and O–H groups in total. The zero-order valence-corrected chi connectivity index (χ0v) is 16.3. The number of nitrogens with zero attached hydrogens (tertiary/aromatic N) is 1. The molecule has 1 aliphatic rings. The number of imide groups is 1. The third-order valence-corrected chi connectivity index (χ3v) is 4.03. The maximum Gasteiger partial charge on any atom is 0.339 e. The molecule has 1 atom stereocenters. The minimum Gasteiger partial charge on any atom is -0.490 e. The zero-order chi connectivity index (χ0) is 20.0. The fourth-order valence-corrected chi connectivity index (χ4v) is 2.74. The van der Waals surface area contributed by atoms with Crippen LogP contribution in [-0.2, 0) is 9.53 Å². The Morgan fingerprint density at radius 1 is 1.30 bits per heavy atom. The van der Waals surface area contributed by atoms with Gasteiger partial charge in [-0.25, -0.2) is 9.59 Å². The highest BCUT2D eigenvalue weighted by Gasteiger charge is 2.32. The lowest BCUT2D eigenvalue weighted by Crippen LogP contribution is -2.41. The molecule has 1 saturated heterocycles. The molecule has 0 spiro atoms. The highest BCUT2D eigenvalue weighted by Crippen LogP contribution is 2.37. The number of ether oxygens (including phenoxy) is 3. The van der Waals surface area contributed by atoms with Crippen molar-refractivity contribution in [2.45, 2.75) is 33.3 Å². The van der Waals surface area contributed by atoms with E-state index in [0.29, 0.717) is 31.3 Å². The first-order chi connectivity index (χ1) is 12.9. The summed E-state index contributed by atoms with van der Waals surface area (Å²) in [5.41, 5.74) is 0.123. The average Bonchev–Trinajstić information content (AvgIpc) is 3.06. The van der Waals surface area contributed by atoms with Crippen molar-refractivity contribution < 1.29 is 28.6 Å². The second-order valence-electron chi connectivity index (χ2n) is 5.84. The molecule has 27 heavy (non-hydrogen) atoms. The number of esters is 1. The number of nitrogens with one attached hydrogen (secondary N) is 1. The van der Waals surface area contributed by atoms with Gasteiger partial charge in [0, 0.05) is 13.1 Å². The fourth-order valence-electron chi connectivity index (χ4n) is 2.47. The largest absolute Gasteiger partial charge is 0.490 e. The molecule has 1 aromatic rings. The van der Waals surface area contributed by atoms with E-state index < -0.39 is 24.0 Å². The average molecular weight is 399 g/mol. The molecule has 0 aromatic heterocycles. The summed E-state index contributed by atoms with van der Waals surface area (Å²) < 4.78 is 16.3. The molecule has 0 radical (unpaired) electrons.